The van der Waals surface area contributed by atoms with Gasteiger partial charge in [0.15, 0.2) is 3.95 Å². The number of aromatic amines is 1. The number of benzene rings is 2. The highest BCUT2D eigenvalue weighted by molar-refractivity contribution is 7.73. The minimum atomic E-state index is -0.398. The lowest BCUT2D eigenvalue weighted by Crippen LogP contribution is -2.23. The third-order valence-electron chi connectivity index (χ3n) is 3.70. The van der Waals surface area contributed by atoms with Crippen molar-refractivity contribution in [3.05, 3.63) is 79.6 Å². The van der Waals surface area contributed by atoms with Crippen LogP contribution in [0.3, 0.4) is 0 Å². The van der Waals surface area contributed by atoms with E-state index < -0.39 is 5.97 Å². The summed E-state index contributed by atoms with van der Waals surface area (Å²) in [6.07, 6.45) is 3.39. The van der Waals surface area contributed by atoms with Crippen LogP contribution in [-0.4, -0.2) is 17.6 Å². The summed E-state index contributed by atoms with van der Waals surface area (Å²) in [6.45, 7) is 2.58. The van der Waals surface area contributed by atoms with Crippen molar-refractivity contribution in [2.75, 3.05) is 6.61 Å². The largest absolute Gasteiger partial charge is 0.488 e. The van der Waals surface area contributed by atoms with Crippen LogP contribution in [-0.2, 0) is 16.1 Å². The van der Waals surface area contributed by atoms with Crippen LogP contribution in [0.4, 0.5) is 0 Å². The molecule has 0 atom stereocenters. The molecule has 2 aromatic carbocycles. The summed E-state index contributed by atoms with van der Waals surface area (Å²) in [4.78, 5) is 14.8. The Bertz CT molecular complexity index is 1080. The fourth-order valence-corrected chi connectivity index (χ4v) is 3.62. The first-order valence-corrected chi connectivity index (χ1v) is 9.73. The molecule has 0 spiro atoms. The molecule has 0 unspecified atom stereocenters. The smallest absolute Gasteiger partial charge is 0.332 e. The number of thiazole rings is 1. The van der Waals surface area contributed by atoms with Crippen LogP contribution in [0.5, 0.6) is 5.75 Å². The molecular weight excluding hydrogens is 378 g/mol. The maximum Gasteiger partial charge on any atom is 0.332 e. The Morgan fingerprint density at radius 3 is 2.67 bits per heavy atom. The minimum absolute atomic E-state index is 0.329. The van der Waals surface area contributed by atoms with Gasteiger partial charge in [0, 0.05) is 11.6 Å². The first-order valence-electron chi connectivity index (χ1n) is 8.51. The minimum Gasteiger partial charge on any atom is -0.488 e. The van der Waals surface area contributed by atoms with E-state index in [1.807, 2.05) is 60.7 Å². The standard InChI is InChI=1S/C21H19NO3S2/c1-2-24-20(23)13-17-19(27-21(26)22-17)12-16-10-6-7-11-18(16)25-14-15-8-4-3-5-9-15/h3-13H,2,14H2,1H3,(H,22,26)/b17-13-,19-12-. The van der Waals surface area contributed by atoms with Crippen LogP contribution in [0.2, 0.25) is 0 Å². The molecular formula is C21H19NO3S2. The lowest BCUT2D eigenvalue weighted by atomic mass is 10.2. The summed E-state index contributed by atoms with van der Waals surface area (Å²) in [7, 11) is 0. The second-order valence-electron chi connectivity index (χ2n) is 5.65. The number of esters is 1. The second kappa shape index (κ2) is 9.30. The highest BCUT2D eigenvalue weighted by atomic mass is 32.1. The van der Waals surface area contributed by atoms with Crippen LogP contribution in [0.1, 0.15) is 18.1 Å². The quantitative estimate of drug-likeness (QED) is 0.510. The number of carbonyl (C=O) groups is 1. The van der Waals surface area contributed by atoms with Crippen molar-refractivity contribution in [2.45, 2.75) is 13.5 Å². The Morgan fingerprint density at radius 2 is 1.89 bits per heavy atom. The molecule has 0 bridgehead atoms. The summed E-state index contributed by atoms with van der Waals surface area (Å²) in [5.74, 6) is 0.368. The summed E-state index contributed by atoms with van der Waals surface area (Å²) in [5.41, 5.74) is 2.01. The predicted molar refractivity (Wildman–Crippen MR) is 111 cm³/mol. The summed E-state index contributed by atoms with van der Waals surface area (Å²) in [6, 6.07) is 17.8. The molecule has 0 fully saturated rings. The van der Waals surface area contributed by atoms with Crippen molar-refractivity contribution in [3.63, 3.8) is 0 Å². The molecule has 0 aliphatic heterocycles. The Morgan fingerprint density at radius 1 is 1.15 bits per heavy atom. The Hall–Kier alpha value is -2.70. The number of hydrogen-bond donors (Lipinski definition) is 1. The van der Waals surface area contributed by atoms with E-state index in [1.54, 1.807) is 6.92 Å². The van der Waals surface area contributed by atoms with E-state index in [4.69, 9.17) is 21.7 Å². The summed E-state index contributed by atoms with van der Waals surface area (Å²) >= 11 is 6.64. The number of nitrogens with one attached hydrogen (secondary N) is 1. The zero-order chi connectivity index (χ0) is 19.1. The molecule has 0 amide bonds. The van der Waals surface area contributed by atoms with Crippen molar-refractivity contribution in [1.29, 1.82) is 0 Å². The first kappa shape index (κ1) is 19.1. The lowest BCUT2D eigenvalue weighted by molar-refractivity contribution is -0.135. The lowest BCUT2D eigenvalue weighted by Gasteiger charge is -2.09. The van der Waals surface area contributed by atoms with Crippen LogP contribution >= 0.6 is 23.6 Å². The molecule has 0 aliphatic rings. The number of rotatable bonds is 6. The maximum absolute atomic E-state index is 11.8. The molecule has 1 heterocycles. The van der Waals surface area contributed by atoms with E-state index in [9.17, 15) is 4.79 Å². The van der Waals surface area contributed by atoms with E-state index in [-0.39, 0.29) is 0 Å². The van der Waals surface area contributed by atoms with Gasteiger partial charge in [-0.05, 0) is 36.8 Å². The zero-order valence-corrected chi connectivity index (χ0v) is 16.4. The van der Waals surface area contributed by atoms with Gasteiger partial charge in [-0.25, -0.2) is 4.79 Å². The van der Waals surface area contributed by atoms with Gasteiger partial charge in [0.2, 0.25) is 0 Å². The number of H-pyrrole nitrogens is 1. The predicted octanol–water partition coefficient (Wildman–Crippen LogP) is 3.56. The molecule has 3 aromatic rings. The zero-order valence-electron chi connectivity index (χ0n) is 14.8. The van der Waals surface area contributed by atoms with Gasteiger partial charge in [0.1, 0.15) is 12.4 Å². The van der Waals surface area contributed by atoms with Crippen molar-refractivity contribution in [1.82, 2.24) is 4.98 Å². The van der Waals surface area contributed by atoms with Crippen molar-refractivity contribution in [2.24, 2.45) is 0 Å². The van der Waals surface area contributed by atoms with Crippen LogP contribution in [0, 0.1) is 3.95 Å². The van der Waals surface area contributed by atoms with Crippen LogP contribution in [0.15, 0.2) is 54.6 Å². The molecule has 0 saturated heterocycles. The van der Waals surface area contributed by atoms with Gasteiger partial charge >= 0.3 is 5.97 Å². The van der Waals surface area contributed by atoms with Crippen LogP contribution < -0.4 is 14.6 Å². The molecule has 0 aliphatic carbocycles. The summed E-state index contributed by atoms with van der Waals surface area (Å²) in [5, 5.41) is 0.640. The van der Waals surface area contributed by atoms with Crippen molar-refractivity contribution in [3.8, 4) is 5.75 Å². The molecule has 4 nitrogen and oxygen atoms in total. The van der Waals surface area contributed by atoms with Gasteiger partial charge in [-0.1, -0.05) is 48.5 Å². The maximum atomic E-state index is 11.8. The molecule has 1 aromatic heterocycles. The normalized spacial score (nSPS) is 12.2. The SMILES string of the molecule is CCOC(=O)/C=c1\[nH]c(=S)s\c1=C/c1ccccc1OCc1ccccc1. The fraction of sp³-hybridized carbons (Fsp3) is 0.143. The average Bonchev–Trinajstić information content (AvgIpc) is 3.01. The molecule has 1 N–H and O–H groups in total. The molecule has 0 saturated carbocycles. The summed E-state index contributed by atoms with van der Waals surface area (Å²) < 4.78 is 12.4. The Labute approximate surface area is 166 Å². The molecule has 138 valence electrons. The van der Waals surface area contributed by atoms with Gasteiger partial charge in [0.25, 0.3) is 0 Å². The third-order valence-corrected chi connectivity index (χ3v) is 4.89. The molecule has 0 radical (unpaired) electrons. The topological polar surface area (TPSA) is 51.3 Å². The van der Waals surface area contributed by atoms with E-state index in [2.05, 4.69) is 4.98 Å². The van der Waals surface area contributed by atoms with Crippen LogP contribution in [0.25, 0.3) is 12.2 Å². The monoisotopic (exact) mass is 397 g/mol. The average molecular weight is 398 g/mol. The van der Waals surface area contributed by atoms with Gasteiger partial charge in [-0.15, -0.1) is 11.3 Å². The Kier molecular flexibility index (Phi) is 6.57. The van der Waals surface area contributed by atoms with Gasteiger partial charge in [0.05, 0.1) is 16.5 Å². The third kappa shape index (κ3) is 5.39. The van der Waals surface area contributed by atoms with E-state index in [1.165, 1.54) is 17.4 Å². The molecule has 27 heavy (non-hydrogen) atoms. The number of carbonyl (C=O) groups excluding carboxylic acids is 1. The highest BCUT2D eigenvalue weighted by Crippen LogP contribution is 2.20. The van der Waals surface area contributed by atoms with E-state index in [0.717, 1.165) is 21.4 Å². The molecule has 3 rings (SSSR count). The highest BCUT2D eigenvalue weighted by Gasteiger charge is 2.03. The number of hydrogen-bond acceptors (Lipinski definition) is 5. The second-order valence-corrected chi connectivity index (χ2v) is 7.36. The van der Waals surface area contributed by atoms with Crippen molar-refractivity contribution >= 4 is 41.7 Å². The van der Waals surface area contributed by atoms with Crippen molar-refractivity contribution < 1.29 is 14.3 Å². The van der Waals surface area contributed by atoms with Gasteiger partial charge in [-0.3, -0.25) is 0 Å². The van der Waals surface area contributed by atoms with Gasteiger partial charge < -0.3 is 14.5 Å². The first-order chi connectivity index (χ1) is 13.2. The van der Waals surface area contributed by atoms with E-state index >= 15 is 0 Å². The fourth-order valence-electron chi connectivity index (χ4n) is 2.48. The Balaban J connectivity index is 1.94. The van der Waals surface area contributed by atoms with E-state index in [0.29, 0.717) is 22.5 Å². The number of para-hydroxylation sites is 1. The number of ether oxygens (including phenoxy) is 2. The number of aromatic nitrogens is 1. The molecule has 6 heteroatoms. The van der Waals surface area contributed by atoms with Gasteiger partial charge in [-0.2, -0.15) is 0 Å².